The summed E-state index contributed by atoms with van der Waals surface area (Å²) in [5.41, 5.74) is 1.41. The number of amides is 2. The number of nitrogens with zero attached hydrogens (tertiary/aromatic N) is 1. The van der Waals surface area contributed by atoms with E-state index in [4.69, 9.17) is 4.74 Å². The van der Waals surface area contributed by atoms with Gasteiger partial charge in [-0.1, -0.05) is 48.0 Å². The van der Waals surface area contributed by atoms with Crippen molar-refractivity contribution in [1.29, 1.82) is 0 Å². The number of ether oxygens (including phenoxy) is 1. The first-order valence-corrected chi connectivity index (χ1v) is 15.3. The molecule has 2 atom stereocenters. The number of aliphatic hydroxyl groups excluding tert-OH is 1. The van der Waals surface area contributed by atoms with Crippen LogP contribution in [0.2, 0.25) is 0 Å². The van der Waals surface area contributed by atoms with Crippen LogP contribution < -0.4 is 5.32 Å². The molecule has 3 aromatic rings. The third-order valence-electron chi connectivity index (χ3n) is 7.21. The van der Waals surface area contributed by atoms with E-state index in [9.17, 15) is 27.9 Å². The van der Waals surface area contributed by atoms with Gasteiger partial charge in [0.05, 0.1) is 24.6 Å². The van der Waals surface area contributed by atoms with Crippen LogP contribution in [0.5, 0.6) is 0 Å². The molecule has 42 heavy (non-hydrogen) atoms. The number of carbonyl (C=O) groups excluding carboxylic acids is 2. The van der Waals surface area contributed by atoms with E-state index in [1.165, 1.54) is 34.9 Å². The maximum absolute atomic E-state index is 14.2. The summed E-state index contributed by atoms with van der Waals surface area (Å²) in [4.78, 5) is 30.3. The van der Waals surface area contributed by atoms with Crippen LogP contribution in [0, 0.1) is 10.5 Å². The zero-order chi connectivity index (χ0) is 30.5. The number of rotatable bonds is 11. The molecule has 0 radical (unpaired) electrons. The second-order valence-corrected chi connectivity index (χ2v) is 12.7. The molecule has 0 spiro atoms. The van der Waals surface area contributed by atoms with Crippen molar-refractivity contribution in [2.24, 2.45) is 0 Å². The molecule has 0 bridgehead atoms. The van der Waals surface area contributed by atoms with Crippen molar-refractivity contribution in [2.45, 2.75) is 54.8 Å². The summed E-state index contributed by atoms with van der Waals surface area (Å²) >= 11 is 3.34. The zero-order valence-corrected chi connectivity index (χ0v) is 26.2. The summed E-state index contributed by atoms with van der Waals surface area (Å²) in [6.07, 6.45) is -4.27. The summed E-state index contributed by atoms with van der Waals surface area (Å²) < 4.78 is 46.4. The average molecular weight is 713 g/mol. The van der Waals surface area contributed by atoms with Gasteiger partial charge in [-0.2, -0.15) is 13.2 Å². The van der Waals surface area contributed by atoms with Crippen LogP contribution in [-0.4, -0.2) is 46.8 Å². The third kappa shape index (κ3) is 7.12. The summed E-state index contributed by atoms with van der Waals surface area (Å²) in [7, 11) is 1.57. The van der Waals surface area contributed by atoms with E-state index in [-0.39, 0.29) is 31.0 Å². The number of hydrogen-bond donors (Lipinski definition) is 2. The number of hydrogen-bond acceptors (Lipinski definition) is 5. The van der Waals surface area contributed by atoms with Gasteiger partial charge in [-0.25, -0.2) is 0 Å². The minimum absolute atomic E-state index is 0.0537. The van der Waals surface area contributed by atoms with Crippen LogP contribution in [-0.2, 0) is 33.7 Å². The summed E-state index contributed by atoms with van der Waals surface area (Å²) in [6.45, 7) is 2.15. The average Bonchev–Trinajstić information content (AvgIpc) is 3.23. The Bertz CT molecular complexity index is 1420. The Morgan fingerprint density at radius 2 is 1.88 bits per heavy atom. The normalized spacial score (nSPS) is 18.9. The molecule has 224 valence electrons. The fourth-order valence-corrected chi connectivity index (χ4v) is 7.45. The molecule has 1 heterocycles. The van der Waals surface area contributed by atoms with E-state index in [1.54, 1.807) is 25.3 Å². The summed E-state index contributed by atoms with van der Waals surface area (Å²) in [5, 5.41) is 12.7. The number of thioether (sulfide) groups is 1. The lowest BCUT2D eigenvalue weighted by Crippen LogP contribution is -2.48. The molecule has 3 aromatic carbocycles. The van der Waals surface area contributed by atoms with Gasteiger partial charge < -0.3 is 20.1 Å². The second kappa shape index (κ2) is 13.8. The zero-order valence-electron chi connectivity index (χ0n) is 23.2. The largest absolute Gasteiger partial charge is 0.416 e. The van der Waals surface area contributed by atoms with Crippen molar-refractivity contribution in [3.8, 4) is 0 Å². The maximum atomic E-state index is 14.2. The number of methoxy groups -OCH3 is 1. The van der Waals surface area contributed by atoms with Gasteiger partial charge in [0.1, 0.15) is 4.75 Å². The molecule has 2 amide bonds. The van der Waals surface area contributed by atoms with E-state index in [1.807, 2.05) is 31.2 Å². The Kier molecular flexibility index (Phi) is 10.6. The van der Waals surface area contributed by atoms with E-state index in [2.05, 4.69) is 27.9 Å². The van der Waals surface area contributed by atoms with E-state index in [0.717, 1.165) is 16.5 Å². The highest BCUT2D eigenvalue weighted by Crippen LogP contribution is 2.54. The molecule has 1 aliphatic heterocycles. The van der Waals surface area contributed by atoms with Crippen LogP contribution in [0.15, 0.2) is 71.6 Å². The van der Waals surface area contributed by atoms with Crippen molar-refractivity contribution in [3.05, 3.63) is 98.1 Å². The first-order chi connectivity index (χ1) is 20.0. The Morgan fingerprint density at radius 1 is 1.17 bits per heavy atom. The molecule has 0 aromatic heterocycles. The summed E-state index contributed by atoms with van der Waals surface area (Å²) in [5.74, 6) is -0.804. The lowest BCUT2D eigenvalue weighted by atomic mass is 9.90. The quantitative estimate of drug-likeness (QED) is 0.181. The fourth-order valence-electron chi connectivity index (χ4n) is 5.15. The standard InChI is InChI=1S/C31H32F3IN2O4S/c1-20-8-11-23(12-9-20)42-30(29(40)36-14-5-15-41-2)17-27(39)37(18-22-6-3-4-7-25(22)31(32,33)34)28(30)24-13-10-21(19-38)16-26(24)35/h3-4,6-13,16,28,38H,5,14-15,17-19H2,1-2H3,(H,36,40)/t28-,30-/m1/s1. The van der Waals surface area contributed by atoms with Crippen LogP contribution in [0.4, 0.5) is 13.2 Å². The number of carbonyl (C=O) groups is 2. The van der Waals surface area contributed by atoms with Gasteiger partial charge in [-0.15, -0.1) is 11.8 Å². The van der Waals surface area contributed by atoms with Gasteiger partial charge in [0.25, 0.3) is 0 Å². The van der Waals surface area contributed by atoms with Crippen LogP contribution in [0.3, 0.4) is 0 Å². The number of aliphatic hydroxyl groups is 1. The topological polar surface area (TPSA) is 78.9 Å². The SMILES string of the molecule is COCCCNC(=O)[C@@]1(Sc2ccc(C)cc2)CC(=O)N(Cc2ccccc2C(F)(F)F)[C@@H]1c1ccc(CO)cc1I. The number of halogens is 4. The van der Waals surface area contributed by atoms with Crippen molar-refractivity contribution >= 4 is 46.2 Å². The molecule has 0 aliphatic carbocycles. The van der Waals surface area contributed by atoms with Gasteiger partial charge in [-0.05, 0) is 76.9 Å². The molecule has 2 N–H and O–H groups in total. The first-order valence-electron chi connectivity index (χ1n) is 13.4. The number of alkyl halides is 3. The molecule has 1 fully saturated rings. The summed E-state index contributed by atoms with van der Waals surface area (Å²) in [6, 6.07) is 17.1. The Morgan fingerprint density at radius 3 is 2.52 bits per heavy atom. The molecule has 1 aliphatic rings. The van der Waals surface area contributed by atoms with Crippen molar-refractivity contribution < 1.29 is 32.6 Å². The van der Waals surface area contributed by atoms with Crippen LogP contribution >= 0.6 is 34.4 Å². The molecule has 4 rings (SSSR count). The first kappa shape index (κ1) is 32.3. The fraction of sp³-hybridized carbons (Fsp3) is 0.355. The number of aryl methyl sites for hydroxylation is 1. The highest BCUT2D eigenvalue weighted by molar-refractivity contribution is 14.1. The van der Waals surface area contributed by atoms with Crippen molar-refractivity contribution in [2.75, 3.05) is 20.3 Å². The van der Waals surface area contributed by atoms with Gasteiger partial charge >= 0.3 is 6.18 Å². The van der Waals surface area contributed by atoms with Gasteiger partial charge in [0.15, 0.2) is 0 Å². The minimum atomic E-state index is -4.61. The number of likely N-dealkylation sites (tertiary alicyclic amines) is 1. The molecule has 11 heteroatoms. The van der Waals surface area contributed by atoms with Crippen LogP contribution in [0.1, 0.15) is 46.7 Å². The molecule has 1 saturated heterocycles. The molecular weight excluding hydrogens is 680 g/mol. The Labute approximate surface area is 261 Å². The molecular formula is C31H32F3IN2O4S. The molecule has 6 nitrogen and oxygen atoms in total. The van der Waals surface area contributed by atoms with E-state index >= 15 is 0 Å². The molecule has 0 unspecified atom stereocenters. The second-order valence-electron chi connectivity index (χ2n) is 10.2. The predicted molar refractivity (Wildman–Crippen MR) is 164 cm³/mol. The lowest BCUT2D eigenvalue weighted by molar-refractivity contribution is -0.139. The Balaban J connectivity index is 1.88. The van der Waals surface area contributed by atoms with Gasteiger partial charge in [0, 0.05) is 35.3 Å². The lowest BCUT2D eigenvalue weighted by Gasteiger charge is -2.37. The Hall–Kier alpha value is -2.61. The monoisotopic (exact) mass is 712 g/mol. The van der Waals surface area contributed by atoms with Crippen LogP contribution in [0.25, 0.3) is 0 Å². The predicted octanol–water partition coefficient (Wildman–Crippen LogP) is 6.27. The van der Waals surface area contributed by atoms with E-state index < -0.39 is 28.4 Å². The number of benzene rings is 3. The molecule has 0 saturated carbocycles. The smallest absolute Gasteiger partial charge is 0.392 e. The van der Waals surface area contributed by atoms with E-state index in [0.29, 0.717) is 34.3 Å². The van der Waals surface area contributed by atoms with Gasteiger partial charge in [0.2, 0.25) is 11.8 Å². The third-order valence-corrected chi connectivity index (χ3v) is 9.57. The van der Waals surface area contributed by atoms with Gasteiger partial charge in [-0.3, -0.25) is 9.59 Å². The number of nitrogens with one attached hydrogen (secondary N) is 1. The van der Waals surface area contributed by atoms with Crippen molar-refractivity contribution in [3.63, 3.8) is 0 Å². The maximum Gasteiger partial charge on any atom is 0.416 e. The highest BCUT2D eigenvalue weighted by atomic mass is 127. The highest BCUT2D eigenvalue weighted by Gasteiger charge is 2.58. The minimum Gasteiger partial charge on any atom is -0.392 e. The van der Waals surface area contributed by atoms with Crippen molar-refractivity contribution in [1.82, 2.24) is 10.2 Å².